The van der Waals surface area contributed by atoms with E-state index in [2.05, 4.69) is 12.1 Å². The normalized spacial score (nSPS) is 33.4. The molecule has 0 unspecified atom stereocenters. The summed E-state index contributed by atoms with van der Waals surface area (Å²) in [6.07, 6.45) is -1.48. The van der Waals surface area contributed by atoms with E-state index < -0.39 is 36.2 Å². The minimum Gasteiger partial charge on any atom is -0.456 e. The molecule has 3 aliphatic rings. The number of hydrogen-bond acceptors (Lipinski definition) is 9. The maximum atomic E-state index is 12.6. The van der Waals surface area contributed by atoms with Crippen LogP contribution in [0.4, 0.5) is 0 Å². The Balaban J connectivity index is 1.29. The molecule has 4 rings (SSSR count). The first kappa shape index (κ1) is 23.4. The maximum Gasteiger partial charge on any atom is 0.306 e. The highest BCUT2D eigenvalue weighted by Crippen LogP contribution is 2.42. The summed E-state index contributed by atoms with van der Waals surface area (Å²) in [4.78, 5) is 13.8. The molecule has 1 aromatic carbocycles. The van der Waals surface area contributed by atoms with Crippen LogP contribution in [0.15, 0.2) is 35.2 Å². The van der Waals surface area contributed by atoms with Crippen molar-refractivity contribution in [3.63, 3.8) is 0 Å². The first-order chi connectivity index (χ1) is 14.7. The van der Waals surface area contributed by atoms with Gasteiger partial charge >= 0.3 is 5.97 Å². The average molecular weight is 471 g/mol. The van der Waals surface area contributed by atoms with Gasteiger partial charge in [0.2, 0.25) is 0 Å². The van der Waals surface area contributed by atoms with Crippen LogP contribution in [-0.4, -0.2) is 60.6 Å². The van der Waals surface area contributed by atoms with Crippen molar-refractivity contribution in [3.05, 3.63) is 30.3 Å². The summed E-state index contributed by atoms with van der Waals surface area (Å²) in [6, 6.07) is 10.2. The van der Waals surface area contributed by atoms with E-state index in [1.54, 1.807) is 21.6 Å². The van der Waals surface area contributed by atoms with Crippen molar-refractivity contribution in [3.8, 4) is 0 Å². The zero-order valence-corrected chi connectivity index (χ0v) is 19.9. The number of esters is 1. The first-order valence-electron chi connectivity index (χ1n) is 10.6. The Hall–Kier alpha value is -0.810. The molecule has 3 heterocycles. The molecule has 0 amide bonds. The van der Waals surface area contributed by atoms with Crippen molar-refractivity contribution in [1.82, 2.24) is 0 Å². The summed E-state index contributed by atoms with van der Waals surface area (Å²) in [5, 5.41) is 0. The van der Waals surface area contributed by atoms with Crippen molar-refractivity contribution < 1.29 is 33.2 Å². The van der Waals surface area contributed by atoms with Gasteiger partial charge in [-0.25, -0.2) is 0 Å². The van der Waals surface area contributed by atoms with Gasteiger partial charge in [0.15, 0.2) is 30.1 Å². The number of carbonyl (C=O) groups is 1. The third-order valence-corrected chi connectivity index (χ3v) is 7.67. The molecular weight excluding hydrogens is 440 g/mol. The van der Waals surface area contributed by atoms with Crippen molar-refractivity contribution in [2.24, 2.45) is 0 Å². The zero-order chi connectivity index (χ0) is 22.1. The summed E-state index contributed by atoms with van der Waals surface area (Å²) < 4.78 is 35.4. The summed E-state index contributed by atoms with van der Waals surface area (Å²) in [5.74, 6) is -0.903. The number of hydrogen-bond donors (Lipinski definition) is 0. The monoisotopic (exact) mass is 470 g/mol. The van der Waals surface area contributed by atoms with Crippen LogP contribution in [-0.2, 0) is 33.2 Å². The molecule has 0 spiro atoms. The van der Waals surface area contributed by atoms with E-state index in [1.165, 1.54) is 4.90 Å². The Morgan fingerprint density at radius 2 is 1.84 bits per heavy atom. The fourth-order valence-electron chi connectivity index (χ4n) is 3.89. The fraction of sp³-hybridized carbons (Fsp3) is 0.682. The van der Waals surface area contributed by atoms with Crippen LogP contribution >= 0.6 is 21.6 Å². The average Bonchev–Trinajstić information content (AvgIpc) is 3.32. The van der Waals surface area contributed by atoms with Crippen LogP contribution in [0.3, 0.4) is 0 Å². The van der Waals surface area contributed by atoms with Crippen molar-refractivity contribution in [2.45, 2.75) is 87.7 Å². The van der Waals surface area contributed by atoms with Crippen LogP contribution in [0.2, 0.25) is 0 Å². The van der Waals surface area contributed by atoms with Gasteiger partial charge in [0, 0.05) is 17.1 Å². The Morgan fingerprint density at radius 3 is 2.55 bits per heavy atom. The second-order valence-corrected chi connectivity index (χ2v) is 11.2. The fourth-order valence-corrected chi connectivity index (χ4v) is 5.98. The van der Waals surface area contributed by atoms with Crippen molar-refractivity contribution in [1.29, 1.82) is 0 Å². The van der Waals surface area contributed by atoms with E-state index in [9.17, 15) is 4.79 Å². The Kier molecular flexibility index (Phi) is 7.22. The number of benzene rings is 1. The van der Waals surface area contributed by atoms with Crippen molar-refractivity contribution >= 4 is 27.6 Å². The van der Waals surface area contributed by atoms with Crippen molar-refractivity contribution in [2.75, 3.05) is 12.4 Å². The molecule has 3 aliphatic heterocycles. The molecule has 3 fully saturated rings. The van der Waals surface area contributed by atoms with Crippen LogP contribution in [0.25, 0.3) is 0 Å². The van der Waals surface area contributed by atoms with E-state index in [0.717, 1.165) is 12.2 Å². The van der Waals surface area contributed by atoms with E-state index in [0.29, 0.717) is 13.0 Å². The first-order valence-corrected chi connectivity index (χ1v) is 12.9. The highest BCUT2D eigenvalue weighted by molar-refractivity contribution is 8.76. The molecular formula is C22H30O7S2. The molecule has 0 saturated carbocycles. The van der Waals surface area contributed by atoms with Gasteiger partial charge < -0.3 is 28.4 Å². The summed E-state index contributed by atoms with van der Waals surface area (Å²) >= 11 is 0. The minimum absolute atomic E-state index is 0.268. The standard InChI is InChI=1S/C22H30O7S2/c1-21(2)24-13-15(27-21)17-18(19-20(26-17)29-22(3,4)28-19)25-16(23)11-8-12-30-31-14-9-6-5-7-10-14/h5-7,9-10,15,17-20H,8,11-13H2,1-4H3/t15-,17+,18-,19+,20+/m0/s1. The van der Waals surface area contributed by atoms with Gasteiger partial charge in [-0.1, -0.05) is 39.8 Å². The van der Waals surface area contributed by atoms with Crippen LogP contribution in [0, 0.1) is 0 Å². The molecule has 0 radical (unpaired) electrons. The summed E-state index contributed by atoms with van der Waals surface area (Å²) in [6.45, 7) is 7.71. The number of ether oxygens (including phenoxy) is 6. The molecule has 5 atom stereocenters. The molecule has 0 aromatic heterocycles. The Bertz CT molecular complexity index is 757. The molecule has 3 saturated heterocycles. The summed E-state index contributed by atoms with van der Waals surface area (Å²) in [7, 11) is 3.44. The second-order valence-electron chi connectivity index (χ2n) is 8.71. The SMILES string of the molecule is CC1(C)O[C@H]2O[C@H]([C@@H]3COC(C)(C)O3)[C@H](OC(=O)CCCSSc3ccccc3)[C@H]2O1. The number of carbonyl (C=O) groups excluding carboxylic acids is 1. The molecule has 172 valence electrons. The van der Waals surface area contributed by atoms with E-state index in [-0.39, 0.29) is 12.1 Å². The van der Waals surface area contributed by atoms with Crippen LogP contribution < -0.4 is 0 Å². The van der Waals surface area contributed by atoms with Crippen LogP contribution in [0.1, 0.15) is 40.5 Å². The number of rotatable bonds is 8. The Labute approximate surface area is 191 Å². The highest BCUT2D eigenvalue weighted by Gasteiger charge is 2.59. The van der Waals surface area contributed by atoms with Gasteiger partial charge in [-0.2, -0.15) is 0 Å². The quantitative estimate of drug-likeness (QED) is 0.316. The third-order valence-electron chi connectivity index (χ3n) is 5.20. The minimum atomic E-state index is -0.789. The predicted octanol–water partition coefficient (Wildman–Crippen LogP) is 4.15. The van der Waals surface area contributed by atoms with Crippen LogP contribution in [0.5, 0.6) is 0 Å². The lowest BCUT2D eigenvalue weighted by Crippen LogP contribution is -2.45. The lowest BCUT2D eigenvalue weighted by Gasteiger charge is -2.28. The van der Waals surface area contributed by atoms with Gasteiger partial charge in [0.05, 0.1) is 6.61 Å². The number of fused-ring (bicyclic) bond motifs is 1. The van der Waals surface area contributed by atoms with E-state index >= 15 is 0 Å². The molecule has 0 aliphatic carbocycles. The molecule has 9 heteroatoms. The lowest BCUT2D eigenvalue weighted by atomic mass is 10.1. The summed E-state index contributed by atoms with van der Waals surface area (Å²) in [5.41, 5.74) is 0. The topological polar surface area (TPSA) is 72.5 Å². The van der Waals surface area contributed by atoms with Gasteiger partial charge in [0.1, 0.15) is 12.2 Å². The molecule has 0 N–H and O–H groups in total. The molecule has 31 heavy (non-hydrogen) atoms. The predicted molar refractivity (Wildman–Crippen MR) is 117 cm³/mol. The highest BCUT2D eigenvalue weighted by atomic mass is 33.1. The van der Waals surface area contributed by atoms with Gasteiger partial charge in [-0.3, -0.25) is 4.79 Å². The van der Waals surface area contributed by atoms with Gasteiger partial charge in [-0.05, 0) is 46.2 Å². The zero-order valence-electron chi connectivity index (χ0n) is 18.3. The third kappa shape index (κ3) is 5.96. The van der Waals surface area contributed by atoms with E-state index in [1.807, 2.05) is 45.9 Å². The Morgan fingerprint density at radius 1 is 1.06 bits per heavy atom. The lowest BCUT2D eigenvalue weighted by molar-refractivity contribution is -0.235. The van der Waals surface area contributed by atoms with E-state index in [4.69, 9.17) is 28.4 Å². The molecule has 1 aromatic rings. The smallest absolute Gasteiger partial charge is 0.306 e. The van der Waals surface area contributed by atoms with Gasteiger partial charge in [-0.15, -0.1) is 0 Å². The molecule has 7 nitrogen and oxygen atoms in total. The molecule has 0 bridgehead atoms. The second kappa shape index (κ2) is 9.59. The van der Waals surface area contributed by atoms with Gasteiger partial charge in [0.25, 0.3) is 0 Å². The largest absolute Gasteiger partial charge is 0.456 e. The maximum absolute atomic E-state index is 12.6.